The van der Waals surface area contributed by atoms with Crippen molar-refractivity contribution >= 4 is 65.5 Å². The van der Waals surface area contributed by atoms with Gasteiger partial charge in [-0.3, -0.25) is 5.92 Å². The number of rotatable bonds is 6. The minimum absolute atomic E-state index is 0. The molecule has 0 fully saturated rings. The van der Waals surface area contributed by atoms with Gasteiger partial charge in [0.15, 0.2) is 0 Å². The summed E-state index contributed by atoms with van der Waals surface area (Å²) in [6.45, 7) is 0. The van der Waals surface area contributed by atoms with Crippen molar-refractivity contribution in [3.05, 3.63) is 102 Å². The Hall–Kier alpha value is 0.820. The van der Waals surface area contributed by atoms with Crippen molar-refractivity contribution in [3.8, 4) is 5.92 Å². The molecule has 0 bridgehead atoms. The molecule has 0 atom stereocenters. The van der Waals surface area contributed by atoms with Crippen LogP contribution in [0.2, 0.25) is 0 Å². The summed E-state index contributed by atoms with van der Waals surface area (Å²) < 4.78 is 103. The maximum absolute atomic E-state index is 11.5. The molecule has 0 aliphatic carbocycles. The molecule has 0 saturated carbocycles. The van der Waals surface area contributed by atoms with Crippen molar-refractivity contribution in [2.24, 2.45) is 0 Å². The number of benzene rings is 3. The topological polar surface area (TPSA) is 172 Å². The molecular formula is C24H15AuNa3O9PS4. The van der Waals surface area contributed by atoms with Crippen LogP contribution >= 0.6 is 19.3 Å². The molecule has 1 aromatic heterocycles. The second-order valence-electron chi connectivity index (χ2n) is 7.33. The van der Waals surface area contributed by atoms with Crippen molar-refractivity contribution in [3.63, 3.8) is 0 Å². The van der Waals surface area contributed by atoms with Gasteiger partial charge in [0.05, 0.1) is 14.7 Å². The Morgan fingerprint density at radius 2 is 0.952 bits per heavy atom. The molecule has 42 heavy (non-hydrogen) atoms. The third-order valence-corrected chi connectivity index (χ3v) is 10.3. The minimum Gasteiger partial charge on any atom is -0.744 e. The quantitative estimate of drug-likeness (QED) is 0.0601. The van der Waals surface area contributed by atoms with E-state index in [9.17, 15) is 38.9 Å². The molecule has 18 heteroatoms. The van der Waals surface area contributed by atoms with Gasteiger partial charge in [0, 0.05) is 0 Å². The molecule has 0 aliphatic rings. The first-order valence-electron chi connectivity index (χ1n) is 10.1. The molecule has 4 rings (SSSR count). The molecule has 3 aromatic carbocycles. The van der Waals surface area contributed by atoms with Gasteiger partial charge in [0.1, 0.15) is 30.4 Å². The zero-order valence-electron chi connectivity index (χ0n) is 22.2. The first-order chi connectivity index (χ1) is 17.7. The predicted molar refractivity (Wildman–Crippen MR) is 140 cm³/mol. The van der Waals surface area contributed by atoms with Crippen molar-refractivity contribution in [1.82, 2.24) is 0 Å². The summed E-state index contributed by atoms with van der Waals surface area (Å²) in [6, 6.07) is 16.7. The van der Waals surface area contributed by atoms with E-state index in [0.717, 1.165) is 42.0 Å². The van der Waals surface area contributed by atoms with Crippen LogP contribution in [0.3, 0.4) is 0 Å². The molecule has 0 radical (unpaired) electrons. The second kappa shape index (κ2) is 19.5. The molecule has 1 heterocycles. The van der Waals surface area contributed by atoms with E-state index < -0.39 is 53.0 Å². The normalized spacial score (nSPS) is 10.7. The van der Waals surface area contributed by atoms with Crippen molar-refractivity contribution in [1.29, 1.82) is 0 Å². The zero-order valence-corrected chi connectivity index (χ0v) is 34.5. The van der Waals surface area contributed by atoms with Crippen LogP contribution in [0.1, 0.15) is 5.56 Å². The molecule has 0 N–H and O–H groups in total. The Bertz CT molecular complexity index is 1650. The zero-order chi connectivity index (χ0) is 28.1. The van der Waals surface area contributed by atoms with Crippen LogP contribution in [0, 0.1) is 12.3 Å². The fourth-order valence-electron chi connectivity index (χ4n) is 3.12. The van der Waals surface area contributed by atoms with E-state index in [1.165, 1.54) is 36.4 Å². The maximum Gasteiger partial charge on any atom is 1.00 e. The smallest absolute Gasteiger partial charge is 0.744 e. The Morgan fingerprint density at radius 1 is 0.619 bits per heavy atom. The molecule has 0 amide bonds. The number of hydrogen-bond acceptors (Lipinski definition) is 10. The van der Waals surface area contributed by atoms with Gasteiger partial charge in [0.25, 0.3) is 0 Å². The van der Waals surface area contributed by atoms with Gasteiger partial charge in [-0.1, -0.05) is 41.8 Å². The van der Waals surface area contributed by atoms with E-state index in [2.05, 4.69) is 5.92 Å². The van der Waals surface area contributed by atoms with Gasteiger partial charge in [-0.25, -0.2) is 25.3 Å². The van der Waals surface area contributed by atoms with Crippen molar-refractivity contribution in [2.75, 3.05) is 0 Å². The monoisotopic (exact) mass is 872 g/mol. The first kappa shape index (κ1) is 44.9. The van der Waals surface area contributed by atoms with E-state index in [1.807, 2.05) is 16.8 Å². The average molecular weight is 873 g/mol. The minimum atomic E-state index is -4.82. The fraction of sp³-hybridized carbons (Fsp3) is 0. The van der Waals surface area contributed by atoms with E-state index >= 15 is 0 Å². The summed E-state index contributed by atoms with van der Waals surface area (Å²) in [5.74, 6) is 2.27. The molecule has 4 aromatic rings. The Kier molecular flexibility index (Phi) is 20.8. The average Bonchev–Trinajstić information content (AvgIpc) is 3.38. The van der Waals surface area contributed by atoms with Crippen LogP contribution in [0.25, 0.3) is 0 Å². The summed E-state index contributed by atoms with van der Waals surface area (Å²) in [6.07, 6.45) is 6.62. The maximum atomic E-state index is 11.5. The molecule has 0 spiro atoms. The van der Waals surface area contributed by atoms with Crippen LogP contribution < -0.4 is 105 Å². The Labute approximate surface area is 332 Å². The molecule has 9 nitrogen and oxygen atoms in total. The largest absolute Gasteiger partial charge is 1.00 e. The van der Waals surface area contributed by atoms with Gasteiger partial charge in [-0.05, 0) is 65.6 Å². The fourth-order valence-corrected chi connectivity index (χ4v) is 7.92. The van der Waals surface area contributed by atoms with E-state index in [0.29, 0.717) is 0 Å². The van der Waals surface area contributed by atoms with Crippen molar-refractivity contribution < 1.29 is 150 Å². The summed E-state index contributed by atoms with van der Waals surface area (Å²) in [5, 5.41) is 4.58. The SMILES string of the molecule is O=S(=O)([O-])c1cccc(P(c2cccc(S(=O)(=O)[O-])c2)c2cccc(S(=O)(=O)[O-])c2)c1.[Au+].[C-]#Cc1ccsc1.[Na+].[Na+].[Na+]. The standard InChI is InChI=1S/C18H15O9PS3.C6H3S.Au.3Na/c19-29(20,21)16-7-1-4-13(10-16)28(14-5-2-8-17(11-14)30(22,23)24)15-6-3-9-18(12-15)31(25,26)27;1-2-6-3-4-7-5-6;;;;/h1-12H,(H,19,20,21)(H,22,23,24)(H,25,26,27);3-5H;;;;/q;-1;4*+1/p-3. The van der Waals surface area contributed by atoms with Gasteiger partial charge in [-0.2, -0.15) is 11.3 Å². The molecule has 0 unspecified atom stereocenters. The third kappa shape index (κ3) is 13.3. The van der Waals surface area contributed by atoms with Gasteiger partial charge >= 0.3 is 111 Å². The summed E-state index contributed by atoms with van der Waals surface area (Å²) in [5.41, 5.74) is 0.866. The first-order valence-corrected chi connectivity index (χ1v) is 16.6. The Morgan fingerprint density at radius 3 is 1.17 bits per heavy atom. The summed E-state index contributed by atoms with van der Waals surface area (Å²) in [7, 11) is -16.3. The second-order valence-corrected chi connectivity index (χ2v) is 14.5. The molecular weight excluding hydrogens is 857 g/mol. The molecule has 0 saturated heterocycles. The number of thiophene rings is 1. The van der Waals surface area contributed by atoms with Crippen molar-refractivity contribution in [2.45, 2.75) is 14.7 Å². The van der Waals surface area contributed by atoms with Gasteiger partial charge in [-0.15, -0.1) is 11.6 Å². The number of hydrogen-bond donors (Lipinski definition) is 0. The molecule has 208 valence electrons. The van der Waals surface area contributed by atoms with Gasteiger partial charge in [0.2, 0.25) is 0 Å². The van der Waals surface area contributed by atoms with E-state index in [1.54, 1.807) is 11.3 Å². The van der Waals surface area contributed by atoms with E-state index in [-0.39, 0.29) is 127 Å². The molecule has 0 aliphatic heterocycles. The third-order valence-electron chi connectivity index (χ3n) is 4.76. The van der Waals surface area contributed by atoms with E-state index in [4.69, 9.17) is 6.42 Å². The predicted octanol–water partition coefficient (Wildman–Crippen LogP) is -7.15. The summed E-state index contributed by atoms with van der Waals surface area (Å²) in [4.78, 5) is -1.63. The summed E-state index contributed by atoms with van der Waals surface area (Å²) >= 11 is 1.58. The van der Waals surface area contributed by atoms with Crippen LogP contribution in [-0.2, 0) is 52.7 Å². The van der Waals surface area contributed by atoms with Crippen LogP contribution in [-0.4, -0.2) is 38.9 Å². The Balaban J connectivity index is 0. The van der Waals surface area contributed by atoms with Crippen LogP contribution in [0.4, 0.5) is 0 Å². The van der Waals surface area contributed by atoms with Gasteiger partial charge < -0.3 is 20.1 Å². The van der Waals surface area contributed by atoms with Crippen LogP contribution in [0.5, 0.6) is 0 Å². The van der Waals surface area contributed by atoms with Crippen LogP contribution in [0.15, 0.2) is 104 Å².